The van der Waals surface area contributed by atoms with Crippen LogP contribution in [0.4, 0.5) is 18.3 Å². The van der Waals surface area contributed by atoms with Crippen molar-refractivity contribution >= 4 is 22.8 Å². The molecule has 2 heterocycles. The maximum atomic E-state index is 12.3. The third-order valence-electron chi connectivity index (χ3n) is 2.66. The van der Waals surface area contributed by atoms with Crippen molar-refractivity contribution in [1.29, 1.82) is 0 Å². The summed E-state index contributed by atoms with van der Waals surface area (Å²) in [6, 6.07) is 0. The van der Waals surface area contributed by atoms with Crippen LogP contribution >= 0.6 is 11.3 Å². The molecule has 8 heteroatoms. The normalized spacial score (nSPS) is 18.4. The number of carbonyl (C=O) groups is 1. The Kier molecular flexibility index (Phi) is 3.32. The van der Waals surface area contributed by atoms with Gasteiger partial charge >= 0.3 is 6.18 Å². The molecule has 0 amide bonds. The third-order valence-corrected chi connectivity index (χ3v) is 3.69. The van der Waals surface area contributed by atoms with E-state index in [-0.39, 0.29) is 11.0 Å². The fourth-order valence-corrected chi connectivity index (χ4v) is 2.45. The minimum absolute atomic E-state index is 0.0151. The van der Waals surface area contributed by atoms with Gasteiger partial charge in [0.1, 0.15) is 6.29 Å². The minimum Gasteiger partial charge on any atom is -0.347 e. The number of nitrogens with zero attached hydrogens (tertiary/aromatic N) is 3. The summed E-state index contributed by atoms with van der Waals surface area (Å²) in [6.07, 6.45) is -2.22. The molecule has 0 spiro atoms. The number of piperidine rings is 1. The summed E-state index contributed by atoms with van der Waals surface area (Å²) in [5.41, 5.74) is 0. The van der Waals surface area contributed by atoms with Gasteiger partial charge in [0, 0.05) is 19.0 Å². The Morgan fingerprint density at radius 3 is 2.41 bits per heavy atom. The second-order valence-electron chi connectivity index (χ2n) is 3.85. The maximum absolute atomic E-state index is 12.3. The van der Waals surface area contributed by atoms with Gasteiger partial charge in [0.25, 0.3) is 0 Å². The first-order valence-corrected chi connectivity index (χ1v) is 5.93. The van der Waals surface area contributed by atoms with E-state index >= 15 is 0 Å². The number of aldehydes is 1. The van der Waals surface area contributed by atoms with Gasteiger partial charge < -0.3 is 9.69 Å². The summed E-state index contributed by atoms with van der Waals surface area (Å²) in [6.45, 7) is 1.10. The van der Waals surface area contributed by atoms with Crippen molar-refractivity contribution in [2.75, 3.05) is 18.0 Å². The molecule has 1 aliphatic rings. The lowest BCUT2D eigenvalue weighted by Gasteiger charge is -2.28. The van der Waals surface area contributed by atoms with Crippen LogP contribution < -0.4 is 4.90 Å². The second-order valence-corrected chi connectivity index (χ2v) is 4.80. The Bertz CT molecular complexity index is 398. The lowest BCUT2D eigenvalue weighted by atomic mass is 9.99. The molecule has 1 aromatic rings. The van der Waals surface area contributed by atoms with Crippen molar-refractivity contribution in [3.8, 4) is 0 Å². The number of alkyl halides is 3. The van der Waals surface area contributed by atoms with Crippen LogP contribution in [0.3, 0.4) is 0 Å². The molecule has 0 radical (unpaired) electrons. The number of aromatic nitrogens is 2. The summed E-state index contributed by atoms with van der Waals surface area (Å²) in [5.74, 6) is 0.0151. The molecule has 94 valence electrons. The first kappa shape index (κ1) is 12.3. The van der Waals surface area contributed by atoms with Gasteiger partial charge in [-0.3, -0.25) is 0 Å². The predicted octanol–water partition coefficient (Wildman–Crippen LogP) is 1.97. The average Bonchev–Trinajstić information content (AvgIpc) is 2.78. The largest absolute Gasteiger partial charge is 0.445 e. The zero-order valence-corrected chi connectivity index (χ0v) is 9.59. The Balaban J connectivity index is 2.04. The van der Waals surface area contributed by atoms with Crippen LogP contribution in [-0.4, -0.2) is 29.6 Å². The average molecular weight is 265 g/mol. The molecule has 1 saturated heterocycles. The van der Waals surface area contributed by atoms with Crippen molar-refractivity contribution < 1.29 is 18.0 Å². The highest BCUT2D eigenvalue weighted by Gasteiger charge is 2.36. The van der Waals surface area contributed by atoms with Gasteiger partial charge in [0.15, 0.2) is 0 Å². The van der Waals surface area contributed by atoms with Crippen molar-refractivity contribution in [2.24, 2.45) is 5.92 Å². The molecule has 2 rings (SSSR count). The lowest BCUT2D eigenvalue weighted by Crippen LogP contribution is -2.33. The van der Waals surface area contributed by atoms with E-state index in [0.29, 0.717) is 37.3 Å². The van der Waals surface area contributed by atoms with Gasteiger partial charge in [0.05, 0.1) is 0 Å². The molecule has 17 heavy (non-hydrogen) atoms. The number of rotatable bonds is 2. The van der Waals surface area contributed by atoms with Crippen LogP contribution in [0.5, 0.6) is 0 Å². The fraction of sp³-hybridized carbons (Fsp3) is 0.667. The number of carbonyl (C=O) groups excluding carboxylic acids is 1. The van der Waals surface area contributed by atoms with Crippen molar-refractivity contribution in [3.63, 3.8) is 0 Å². The van der Waals surface area contributed by atoms with Gasteiger partial charge in [-0.2, -0.15) is 13.2 Å². The minimum atomic E-state index is -4.43. The smallest absolute Gasteiger partial charge is 0.347 e. The fourth-order valence-electron chi connectivity index (χ4n) is 1.68. The second kappa shape index (κ2) is 4.59. The lowest BCUT2D eigenvalue weighted by molar-refractivity contribution is -0.138. The van der Waals surface area contributed by atoms with E-state index in [1.165, 1.54) is 0 Å². The van der Waals surface area contributed by atoms with Crippen LogP contribution in [0, 0.1) is 5.92 Å². The summed E-state index contributed by atoms with van der Waals surface area (Å²) in [4.78, 5) is 12.3. The van der Waals surface area contributed by atoms with Crippen molar-refractivity contribution in [2.45, 2.75) is 19.0 Å². The van der Waals surface area contributed by atoms with Crippen molar-refractivity contribution in [1.82, 2.24) is 10.2 Å². The summed E-state index contributed by atoms with van der Waals surface area (Å²) < 4.78 is 37.0. The number of halogens is 3. The molecule has 1 aromatic heterocycles. The molecule has 0 N–H and O–H groups in total. The van der Waals surface area contributed by atoms with E-state index in [9.17, 15) is 18.0 Å². The Morgan fingerprint density at radius 2 is 1.94 bits per heavy atom. The molecule has 0 atom stereocenters. The van der Waals surface area contributed by atoms with Gasteiger partial charge in [-0.1, -0.05) is 11.3 Å². The van der Waals surface area contributed by atoms with E-state index in [4.69, 9.17) is 0 Å². The van der Waals surface area contributed by atoms with Crippen LogP contribution in [0.2, 0.25) is 0 Å². The Hall–Kier alpha value is -1.18. The molecule has 1 fully saturated rings. The zero-order chi connectivity index (χ0) is 12.5. The molecule has 0 aromatic carbocycles. The van der Waals surface area contributed by atoms with Gasteiger partial charge in [-0.15, -0.1) is 10.2 Å². The quantitative estimate of drug-likeness (QED) is 0.767. The molecule has 4 nitrogen and oxygen atoms in total. The van der Waals surface area contributed by atoms with Crippen LogP contribution in [0.15, 0.2) is 0 Å². The highest BCUT2D eigenvalue weighted by Crippen LogP contribution is 2.35. The number of anilines is 1. The molecule has 0 saturated carbocycles. The highest BCUT2D eigenvalue weighted by atomic mass is 32.1. The summed E-state index contributed by atoms with van der Waals surface area (Å²) in [5, 5.41) is 6.03. The van der Waals surface area contributed by atoms with E-state index in [0.717, 1.165) is 6.29 Å². The van der Waals surface area contributed by atoms with E-state index in [2.05, 4.69) is 10.2 Å². The Morgan fingerprint density at radius 1 is 1.29 bits per heavy atom. The van der Waals surface area contributed by atoms with Crippen molar-refractivity contribution in [3.05, 3.63) is 5.01 Å². The summed E-state index contributed by atoms with van der Waals surface area (Å²) in [7, 11) is 0. The molecule has 0 aliphatic carbocycles. The standard InChI is InChI=1S/C9H10F3N3OS/c10-9(11,12)7-13-14-8(17-7)15-3-1-6(5-16)2-4-15/h5-6H,1-4H2. The van der Waals surface area contributed by atoms with E-state index in [1.807, 2.05) is 0 Å². The van der Waals surface area contributed by atoms with E-state index in [1.54, 1.807) is 4.90 Å². The van der Waals surface area contributed by atoms with Crippen LogP contribution in [-0.2, 0) is 11.0 Å². The molecule has 0 bridgehead atoms. The van der Waals surface area contributed by atoms with Crippen LogP contribution in [0.1, 0.15) is 17.8 Å². The molecule has 1 aliphatic heterocycles. The SMILES string of the molecule is O=CC1CCN(c2nnc(C(F)(F)F)s2)CC1. The Labute approximate surface area is 99.4 Å². The van der Waals surface area contributed by atoms with E-state index < -0.39 is 11.2 Å². The number of hydrogen-bond acceptors (Lipinski definition) is 5. The highest BCUT2D eigenvalue weighted by molar-refractivity contribution is 7.15. The topological polar surface area (TPSA) is 46.1 Å². The third kappa shape index (κ3) is 2.74. The van der Waals surface area contributed by atoms with Crippen LogP contribution in [0.25, 0.3) is 0 Å². The van der Waals surface area contributed by atoms with Gasteiger partial charge in [-0.05, 0) is 12.8 Å². The van der Waals surface area contributed by atoms with Gasteiger partial charge in [0.2, 0.25) is 10.1 Å². The maximum Gasteiger partial charge on any atom is 0.445 e. The first-order chi connectivity index (χ1) is 8.00. The molecular formula is C9H10F3N3OS. The predicted molar refractivity (Wildman–Crippen MR) is 55.9 cm³/mol. The summed E-state index contributed by atoms with van der Waals surface area (Å²) >= 11 is 0.546. The zero-order valence-electron chi connectivity index (χ0n) is 8.78. The number of hydrogen-bond donors (Lipinski definition) is 0. The van der Waals surface area contributed by atoms with Gasteiger partial charge in [-0.25, -0.2) is 0 Å². The molecular weight excluding hydrogens is 255 g/mol. The first-order valence-electron chi connectivity index (χ1n) is 5.11. The monoisotopic (exact) mass is 265 g/mol. The molecule has 0 unspecified atom stereocenters.